The number of imidazole rings is 1. The number of aromatic nitrogens is 2. The monoisotopic (exact) mass is 282 g/mol. The Hall–Kier alpha value is -2.73. The third kappa shape index (κ3) is 2.48. The van der Waals surface area contributed by atoms with E-state index in [4.69, 9.17) is 0 Å². The van der Waals surface area contributed by atoms with Crippen molar-refractivity contribution in [3.63, 3.8) is 0 Å². The molecular formula is C15H14N4O2. The number of hydrogen-bond donors (Lipinski definition) is 2. The minimum atomic E-state index is -0.0741. The zero-order valence-corrected chi connectivity index (χ0v) is 11.4. The molecule has 2 aromatic heterocycles. The molecule has 106 valence electrons. The van der Waals surface area contributed by atoms with Crippen molar-refractivity contribution in [1.29, 1.82) is 0 Å². The Morgan fingerprint density at radius 2 is 1.90 bits per heavy atom. The third-order valence-corrected chi connectivity index (χ3v) is 3.15. The summed E-state index contributed by atoms with van der Waals surface area (Å²) in [7, 11) is 0. The smallest absolute Gasteiger partial charge is 0.182 e. The van der Waals surface area contributed by atoms with Crippen molar-refractivity contribution in [1.82, 2.24) is 9.38 Å². The van der Waals surface area contributed by atoms with Gasteiger partial charge in [-0.2, -0.15) is 0 Å². The first kappa shape index (κ1) is 13.3. The van der Waals surface area contributed by atoms with Gasteiger partial charge in [-0.3, -0.25) is 4.40 Å². The number of nitrogens with zero attached hydrogens (tertiary/aromatic N) is 4. The topological polar surface area (TPSA) is 82.5 Å². The molecule has 0 amide bonds. The van der Waals surface area contributed by atoms with Gasteiger partial charge >= 0.3 is 0 Å². The molecule has 0 aliphatic heterocycles. The summed E-state index contributed by atoms with van der Waals surface area (Å²) < 4.78 is 1.80. The molecule has 0 bridgehead atoms. The molecule has 0 fully saturated rings. The Morgan fingerprint density at radius 1 is 1.14 bits per heavy atom. The molecule has 0 saturated carbocycles. The largest absolute Gasteiger partial charge is 0.508 e. The lowest BCUT2D eigenvalue weighted by molar-refractivity contribution is 0.282. The second-order valence-corrected chi connectivity index (χ2v) is 4.62. The third-order valence-electron chi connectivity index (χ3n) is 3.15. The van der Waals surface area contributed by atoms with Gasteiger partial charge in [0.25, 0.3) is 0 Å². The van der Waals surface area contributed by atoms with E-state index in [9.17, 15) is 10.2 Å². The molecule has 0 aliphatic rings. The highest BCUT2D eigenvalue weighted by Crippen LogP contribution is 2.25. The van der Waals surface area contributed by atoms with E-state index in [0.29, 0.717) is 17.2 Å². The van der Waals surface area contributed by atoms with E-state index < -0.39 is 0 Å². The predicted octanol–water partition coefficient (Wildman–Crippen LogP) is 3.26. The molecule has 2 N–H and O–H groups in total. The lowest BCUT2D eigenvalue weighted by atomic mass is 10.3. The van der Waals surface area contributed by atoms with Gasteiger partial charge in [0, 0.05) is 11.8 Å². The van der Waals surface area contributed by atoms with E-state index in [0.717, 1.165) is 11.3 Å². The van der Waals surface area contributed by atoms with Crippen LogP contribution in [0.4, 0.5) is 11.5 Å². The van der Waals surface area contributed by atoms with E-state index >= 15 is 0 Å². The predicted molar refractivity (Wildman–Crippen MR) is 78.1 cm³/mol. The van der Waals surface area contributed by atoms with Crippen LogP contribution >= 0.6 is 0 Å². The van der Waals surface area contributed by atoms with Gasteiger partial charge in [0.05, 0.1) is 18.0 Å². The lowest BCUT2D eigenvalue weighted by Gasteiger charge is -2.00. The van der Waals surface area contributed by atoms with Gasteiger partial charge in [-0.1, -0.05) is 6.07 Å². The number of hydrogen-bond acceptors (Lipinski definition) is 5. The Bertz CT molecular complexity index is 806. The van der Waals surface area contributed by atoms with Crippen LogP contribution in [0.1, 0.15) is 11.3 Å². The molecule has 0 atom stereocenters. The average molecular weight is 282 g/mol. The van der Waals surface area contributed by atoms with Crippen LogP contribution in [0.25, 0.3) is 5.65 Å². The molecule has 21 heavy (non-hydrogen) atoms. The molecule has 0 saturated heterocycles. The Kier molecular flexibility index (Phi) is 3.37. The molecule has 0 aliphatic carbocycles. The van der Waals surface area contributed by atoms with Crippen molar-refractivity contribution >= 4 is 17.2 Å². The maximum Gasteiger partial charge on any atom is 0.182 e. The first-order valence-electron chi connectivity index (χ1n) is 6.47. The number of pyridine rings is 1. The fourth-order valence-corrected chi connectivity index (χ4v) is 2.09. The van der Waals surface area contributed by atoms with E-state index in [2.05, 4.69) is 15.2 Å². The number of fused-ring (bicyclic) bond motifs is 1. The van der Waals surface area contributed by atoms with Crippen LogP contribution < -0.4 is 0 Å². The van der Waals surface area contributed by atoms with Crippen molar-refractivity contribution in [3.05, 3.63) is 53.9 Å². The molecule has 0 radical (unpaired) electrons. The maximum absolute atomic E-state index is 9.34. The number of aromatic hydroxyl groups is 1. The number of azo groups is 1. The fraction of sp³-hybridized carbons (Fsp3) is 0.133. The van der Waals surface area contributed by atoms with Gasteiger partial charge < -0.3 is 10.2 Å². The van der Waals surface area contributed by atoms with Crippen LogP contribution in [-0.2, 0) is 6.61 Å². The lowest BCUT2D eigenvalue weighted by Crippen LogP contribution is -1.90. The molecule has 6 heteroatoms. The van der Waals surface area contributed by atoms with E-state index in [-0.39, 0.29) is 12.4 Å². The minimum absolute atomic E-state index is 0.0741. The molecule has 2 heterocycles. The second-order valence-electron chi connectivity index (χ2n) is 4.62. The van der Waals surface area contributed by atoms with Crippen LogP contribution in [0, 0.1) is 6.92 Å². The fourth-order valence-electron chi connectivity index (χ4n) is 2.09. The van der Waals surface area contributed by atoms with Crippen molar-refractivity contribution in [2.45, 2.75) is 13.5 Å². The number of aliphatic hydroxyl groups is 1. The summed E-state index contributed by atoms with van der Waals surface area (Å²) in [4.78, 5) is 4.42. The van der Waals surface area contributed by atoms with Gasteiger partial charge in [-0.25, -0.2) is 4.98 Å². The maximum atomic E-state index is 9.34. The summed E-state index contributed by atoms with van der Waals surface area (Å²) in [6.45, 7) is 1.77. The molecule has 1 aromatic carbocycles. The summed E-state index contributed by atoms with van der Waals surface area (Å²) >= 11 is 0. The van der Waals surface area contributed by atoms with Crippen LogP contribution in [0.3, 0.4) is 0 Å². The van der Waals surface area contributed by atoms with Gasteiger partial charge in [0.2, 0.25) is 0 Å². The average Bonchev–Trinajstić information content (AvgIpc) is 2.82. The Labute approximate surface area is 121 Å². The molecule has 0 spiro atoms. The van der Waals surface area contributed by atoms with Gasteiger partial charge in [0.1, 0.15) is 11.4 Å². The van der Waals surface area contributed by atoms with Crippen LogP contribution in [0.5, 0.6) is 5.75 Å². The van der Waals surface area contributed by atoms with Crippen molar-refractivity contribution in [2.24, 2.45) is 10.2 Å². The van der Waals surface area contributed by atoms with E-state index in [1.54, 1.807) is 28.7 Å². The Balaban J connectivity index is 2.04. The number of phenolic OH excluding ortho intramolecular Hbond substituents is 1. The second kappa shape index (κ2) is 5.34. The summed E-state index contributed by atoms with van der Waals surface area (Å²) in [6, 6.07) is 10.1. The van der Waals surface area contributed by atoms with E-state index in [1.165, 1.54) is 0 Å². The van der Waals surface area contributed by atoms with Gasteiger partial charge in [0.15, 0.2) is 5.82 Å². The van der Waals surface area contributed by atoms with Crippen LogP contribution in [0.2, 0.25) is 0 Å². The SMILES string of the molecule is Cc1nc2c(CO)cccn2c1N=Nc1ccc(O)cc1. The van der Waals surface area contributed by atoms with Crippen molar-refractivity contribution < 1.29 is 10.2 Å². The summed E-state index contributed by atoms with van der Waals surface area (Å²) in [5.74, 6) is 0.806. The molecule has 0 unspecified atom stereocenters. The van der Waals surface area contributed by atoms with Crippen molar-refractivity contribution in [3.8, 4) is 5.75 Å². The summed E-state index contributed by atoms with van der Waals surface area (Å²) in [5, 5.41) is 27.0. The number of aliphatic hydroxyl groups excluding tert-OH is 1. The van der Waals surface area contributed by atoms with Crippen LogP contribution in [-0.4, -0.2) is 19.6 Å². The standard InChI is InChI=1S/C15H14N4O2/c1-10-14(18-17-12-4-6-13(21)7-5-12)19-8-2-3-11(9-20)15(19)16-10/h2-8,20-21H,9H2,1H3. The summed E-state index contributed by atoms with van der Waals surface area (Å²) in [5.41, 5.74) is 2.79. The number of benzene rings is 1. The molecule has 3 rings (SSSR count). The highest BCUT2D eigenvalue weighted by molar-refractivity contribution is 5.56. The van der Waals surface area contributed by atoms with Gasteiger partial charge in [-0.05, 0) is 37.3 Å². The summed E-state index contributed by atoms with van der Waals surface area (Å²) in [6.07, 6.45) is 1.83. The normalized spacial score (nSPS) is 11.5. The van der Waals surface area contributed by atoms with Crippen molar-refractivity contribution in [2.75, 3.05) is 0 Å². The molecule has 6 nitrogen and oxygen atoms in total. The number of phenols is 1. The highest BCUT2D eigenvalue weighted by Gasteiger charge is 2.10. The quantitative estimate of drug-likeness (QED) is 0.723. The van der Waals surface area contributed by atoms with Gasteiger partial charge in [-0.15, -0.1) is 10.2 Å². The zero-order valence-electron chi connectivity index (χ0n) is 11.4. The first-order chi connectivity index (χ1) is 10.2. The first-order valence-corrected chi connectivity index (χ1v) is 6.47. The van der Waals surface area contributed by atoms with E-state index in [1.807, 2.05) is 25.3 Å². The zero-order chi connectivity index (χ0) is 14.8. The molecular weight excluding hydrogens is 268 g/mol. The molecule has 3 aromatic rings. The number of aryl methyl sites for hydroxylation is 1. The Morgan fingerprint density at radius 3 is 2.62 bits per heavy atom. The van der Waals surface area contributed by atoms with Crippen LogP contribution in [0.15, 0.2) is 52.8 Å². The highest BCUT2D eigenvalue weighted by atomic mass is 16.3. The number of rotatable bonds is 3. The minimum Gasteiger partial charge on any atom is -0.508 e.